The molecule has 1 N–H and O–H groups in total. The van der Waals surface area contributed by atoms with Crippen molar-refractivity contribution in [1.29, 1.82) is 0 Å². The molecular formula is C28H27BrN2O3. The monoisotopic (exact) mass is 518 g/mol. The van der Waals surface area contributed by atoms with Crippen LogP contribution in [-0.2, 0) is 4.79 Å². The number of imide groups is 1. The zero-order chi connectivity index (χ0) is 23.9. The van der Waals surface area contributed by atoms with Gasteiger partial charge in [0.1, 0.15) is 0 Å². The zero-order valence-electron chi connectivity index (χ0n) is 18.9. The molecule has 6 heteroatoms. The average molecular weight is 519 g/mol. The van der Waals surface area contributed by atoms with Gasteiger partial charge in [-0.15, -0.1) is 0 Å². The van der Waals surface area contributed by atoms with Crippen LogP contribution in [0.4, 0.5) is 0 Å². The van der Waals surface area contributed by atoms with Crippen LogP contribution in [0.5, 0.6) is 0 Å². The fourth-order valence-electron chi connectivity index (χ4n) is 4.28. The molecule has 3 amide bonds. The largest absolute Gasteiger partial charge is 0.345 e. The third-order valence-corrected chi connectivity index (χ3v) is 6.79. The van der Waals surface area contributed by atoms with Crippen molar-refractivity contribution in [2.45, 2.75) is 38.1 Å². The predicted octanol–water partition coefficient (Wildman–Crippen LogP) is 5.90. The van der Waals surface area contributed by atoms with Gasteiger partial charge in [0.15, 0.2) is 0 Å². The molecule has 0 saturated heterocycles. The molecule has 0 aromatic heterocycles. The number of hydrogen-bond donors (Lipinski definition) is 1. The first kappa shape index (κ1) is 23.9. The summed E-state index contributed by atoms with van der Waals surface area (Å²) in [6.45, 7) is 0.413. The molecule has 174 valence electrons. The van der Waals surface area contributed by atoms with Crippen molar-refractivity contribution < 1.29 is 14.4 Å². The summed E-state index contributed by atoms with van der Waals surface area (Å²) in [6, 6.07) is 24.6. The molecule has 1 aliphatic heterocycles. The van der Waals surface area contributed by atoms with E-state index in [0.29, 0.717) is 24.1 Å². The number of benzene rings is 3. The minimum absolute atomic E-state index is 0.00459. The number of carbonyl (C=O) groups excluding carboxylic acids is 3. The molecule has 0 bridgehead atoms. The van der Waals surface area contributed by atoms with Crippen LogP contribution in [0.1, 0.15) is 70.0 Å². The summed E-state index contributed by atoms with van der Waals surface area (Å²) in [5.41, 5.74) is 3.02. The van der Waals surface area contributed by atoms with Gasteiger partial charge in [-0.25, -0.2) is 0 Å². The molecule has 5 nitrogen and oxygen atoms in total. The van der Waals surface area contributed by atoms with Crippen LogP contribution in [0.3, 0.4) is 0 Å². The SMILES string of the molecule is O=C(CCCCCCN1C(=O)c2ccccc2C1=O)N[C@H](c1ccccc1)c1ccccc1Br. The molecule has 0 spiro atoms. The van der Waals surface area contributed by atoms with Crippen molar-refractivity contribution in [2.75, 3.05) is 6.54 Å². The molecule has 0 aliphatic carbocycles. The second kappa shape index (κ2) is 11.3. The Hall–Kier alpha value is -3.25. The molecule has 1 atom stereocenters. The van der Waals surface area contributed by atoms with Crippen LogP contribution in [0.25, 0.3) is 0 Å². The van der Waals surface area contributed by atoms with Gasteiger partial charge in [0.05, 0.1) is 17.2 Å². The first-order chi connectivity index (χ1) is 16.6. The number of hydrogen-bond acceptors (Lipinski definition) is 3. The lowest BCUT2D eigenvalue weighted by molar-refractivity contribution is -0.121. The van der Waals surface area contributed by atoms with E-state index in [9.17, 15) is 14.4 Å². The number of unbranched alkanes of at least 4 members (excludes halogenated alkanes) is 3. The van der Waals surface area contributed by atoms with E-state index in [0.717, 1.165) is 41.3 Å². The molecule has 0 saturated carbocycles. The van der Waals surface area contributed by atoms with Crippen LogP contribution >= 0.6 is 15.9 Å². The van der Waals surface area contributed by atoms with Crippen LogP contribution in [0.2, 0.25) is 0 Å². The second-order valence-electron chi connectivity index (χ2n) is 8.40. The third kappa shape index (κ3) is 5.45. The lowest BCUT2D eigenvalue weighted by Gasteiger charge is -2.21. The van der Waals surface area contributed by atoms with Gasteiger partial charge >= 0.3 is 0 Å². The Morgan fingerprint density at radius 3 is 2.03 bits per heavy atom. The normalized spacial score (nSPS) is 13.6. The predicted molar refractivity (Wildman–Crippen MR) is 135 cm³/mol. The number of rotatable bonds is 10. The highest BCUT2D eigenvalue weighted by atomic mass is 79.9. The van der Waals surface area contributed by atoms with Crippen molar-refractivity contribution in [2.24, 2.45) is 0 Å². The highest BCUT2D eigenvalue weighted by Crippen LogP contribution is 2.29. The van der Waals surface area contributed by atoms with Gasteiger partial charge < -0.3 is 5.32 Å². The first-order valence-electron chi connectivity index (χ1n) is 11.6. The summed E-state index contributed by atoms with van der Waals surface area (Å²) < 4.78 is 0.956. The highest BCUT2D eigenvalue weighted by molar-refractivity contribution is 9.10. The number of carbonyl (C=O) groups is 3. The van der Waals surface area contributed by atoms with Crippen molar-refractivity contribution >= 4 is 33.7 Å². The van der Waals surface area contributed by atoms with E-state index in [-0.39, 0.29) is 23.8 Å². The molecule has 0 fully saturated rings. The number of amides is 3. The lowest BCUT2D eigenvalue weighted by atomic mass is 9.98. The molecule has 3 aromatic carbocycles. The minimum atomic E-state index is -0.224. The minimum Gasteiger partial charge on any atom is -0.345 e. The van der Waals surface area contributed by atoms with Gasteiger partial charge in [0.2, 0.25) is 5.91 Å². The van der Waals surface area contributed by atoms with E-state index in [4.69, 9.17) is 0 Å². The molecule has 4 rings (SSSR count). The van der Waals surface area contributed by atoms with Crippen LogP contribution in [0, 0.1) is 0 Å². The number of fused-ring (bicyclic) bond motifs is 1. The highest BCUT2D eigenvalue weighted by Gasteiger charge is 2.34. The van der Waals surface area contributed by atoms with Gasteiger partial charge in [-0.05, 0) is 42.2 Å². The smallest absolute Gasteiger partial charge is 0.261 e. The fraction of sp³-hybridized carbons (Fsp3) is 0.250. The standard InChI is InChI=1S/C28H27BrN2O3/c29-24-17-10-9-16-23(24)26(20-12-4-3-5-13-20)30-25(32)18-6-1-2-11-19-31-27(33)21-14-7-8-15-22(21)28(31)34/h3-5,7-10,12-17,26H,1-2,6,11,18-19H2,(H,30,32)/t26-/m1/s1. The van der Waals surface area contributed by atoms with Crippen molar-refractivity contribution in [3.63, 3.8) is 0 Å². The third-order valence-electron chi connectivity index (χ3n) is 6.07. The summed E-state index contributed by atoms with van der Waals surface area (Å²) in [7, 11) is 0. The van der Waals surface area contributed by atoms with Gasteiger partial charge in [-0.3, -0.25) is 19.3 Å². The van der Waals surface area contributed by atoms with E-state index >= 15 is 0 Å². The number of nitrogens with zero attached hydrogens (tertiary/aromatic N) is 1. The van der Waals surface area contributed by atoms with E-state index in [1.807, 2.05) is 54.6 Å². The van der Waals surface area contributed by atoms with E-state index in [1.54, 1.807) is 24.3 Å². The Bertz CT molecular complexity index is 1140. The summed E-state index contributed by atoms with van der Waals surface area (Å²) in [6.07, 6.45) is 3.64. The Morgan fingerprint density at radius 1 is 0.765 bits per heavy atom. The van der Waals surface area contributed by atoms with Crippen LogP contribution in [0.15, 0.2) is 83.3 Å². The second-order valence-corrected chi connectivity index (χ2v) is 9.26. The maximum absolute atomic E-state index is 12.7. The van der Waals surface area contributed by atoms with Gasteiger partial charge in [0, 0.05) is 17.4 Å². The Kier molecular flexibility index (Phi) is 7.91. The maximum atomic E-state index is 12.7. The Morgan fingerprint density at radius 2 is 1.35 bits per heavy atom. The Balaban J connectivity index is 1.24. The summed E-state index contributed by atoms with van der Waals surface area (Å²) in [5.74, 6) is -0.414. The fourth-order valence-corrected chi connectivity index (χ4v) is 4.79. The van der Waals surface area contributed by atoms with E-state index in [1.165, 1.54) is 4.90 Å². The lowest BCUT2D eigenvalue weighted by Crippen LogP contribution is -2.30. The summed E-state index contributed by atoms with van der Waals surface area (Å²) in [5, 5.41) is 3.18. The van der Waals surface area contributed by atoms with Crippen molar-refractivity contribution in [1.82, 2.24) is 10.2 Å². The van der Waals surface area contributed by atoms with Crippen LogP contribution in [-0.4, -0.2) is 29.2 Å². The molecule has 0 radical (unpaired) electrons. The summed E-state index contributed by atoms with van der Waals surface area (Å²) >= 11 is 3.61. The average Bonchev–Trinajstić information content (AvgIpc) is 3.10. The molecule has 34 heavy (non-hydrogen) atoms. The first-order valence-corrected chi connectivity index (χ1v) is 12.4. The molecule has 1 aliphatic rings. The molecular weight excluding hydrogens is 492 g/mol. The summed E-state index contributed by atoms with van der Waals surface area (Å²) in [4.78, 5) is 38.9. The van der Waals surface area contributed by atoms with Crippen molar-refractivity contribution in [3.05, 3.63) is 106 Å². The van der Waals surface area contributed by atoms with E-state index in [2.05, 4.69) is 21.2 Å². The van der Waals surface area contributed by atoms with Crippen molar-refractivity contribution in [3.8, 4) is 0 Å². The molecule has 3 aromatic rings. The molecule has 1 heterocycles. The van der Waals surface area contributed by atoms with Gasteiger partial charge in [0.25, 0.3) is 11.8 Å². The quantitative estimate of drug-likeness (QED) is 0.268. The number of nitrogens with one attached hydrogen (secondary N) is 1. The van der Waals surface area contributed by atoms with Gasteiger partial charge in [-0.1, -0.05) is 89.4 Å². The van der Waals surface area contributed by atoms with E-state index < -0.39 is 0 Å². The topological polar surface area (TPSA) is 66.5 Å². The van der Waals surface area contributed by atoms with Crippen LogP contribution < -0.4 is 5.32 Å². The Labute approximate surface area is 208 Å². The molecule has 0 unspecified atom stereocenters. The maximum Gasteiger partial charge on any atom is 0.261 e. The van der Waals surface area contributed by atoms with Gasteiger partial charge in [-0.2, -0.15) is 0 Å². The zero-order valence-corrected chi connectivity index (χ0v) is 20.5. The number of halogens is 1.